The Bertz CT molecular complexity index is 436. The maximum Gasteiger partial charge on any atom is 0.125 e. The van der Waals surface area contributed by atoms with Crippen molar-refractivity contribution in [1.82, 2.24) is 0 Å². The number of benzene rings is 1. The highest BCUT2D eigenvalue weighted by molar-refractivity contribution is 9.10. The van der Waals surface area contributed by atoms with Crippen LogP contribution in [0.4, 0.5) is 0 Å². The van der Waals surface area contributed by atoms with Gasteiger partial charge in [0.2, 0.25) is 0 Å². The highest BCUT2D eigenvalue weighted by Crippen LogP contribution is 2.33. The summed E-state index contributed by atoms with van der Waals surface area (Å²) in [6.45, 7) is 5.60. The minimum absolute atomic E-state index is 0.00699. The minimum atomic E-state index is 0.00699. The van der Waals surface area contributed by atoms with E-state index in [1.807, 2.05) is 6.92 Å². The average molecular weight is 328 g/mol. The van der Waals surface area contributed by atoms with E-state index in [1.165, 1.54) is 11.1 Å². The molecule has 1 aliphatic heterocycles. The zero-order chi connectivity index (χ0) is 13.8. The number of ether oxygens (including phenoxy) is 2. The van der Waals surface area contributed by atoms with Crippen LogP contribution in [0.1, 0.15) is 31.4 Å². The smallest absolute Gasteiger partial charge is 0.125 e. The third-order valence-corrected chi connectivity index (χ3v) is 4.00. The fraction of sp³-hybridized carbons (Fsp3) is 0.600. The summed E-state index contributed by atoms with van der Waals surface area (Å²) in [5.74, 6) is 1.03. The largest absolute Gasteiger partial charge is 0.493 e. The maximum atomic E-state index is 6.29. The second kappa shape index (κ2) is 6.73. The lowest BCUT2D eigenvalue weighted by atomic mass is 9.98. The third kappa shape index (κ3) is 3.50. The summed E-state index contributed by atoms with van der Waals surface area (Å²) in [6.07, 6.45) is 2.83. The highest BCUT2D eigenvalue weighted by Gasteiger charge is 2.22. The molecule has 2 rings (SSSR count). The lowest BCUT2D eigenvalue weighted by molar-refractivity contribution is 0.0416. The molecular weight excluding hydrogens is 306 g/mol. The van der Waals surface area contributed by atoms with Crippen LogP contribution in [-0.2, 0) is 17.6 Å². The third-order valence-electron chi connectivity index (χ3n) is 3.54. The van der Waals surface area contributed by atoms with Crippen molar-refractivity contribution in [2.45, 2.75) is 45.3 Å². The zero-order valence-corrected chi connectivity index (χ0v) is 13.2. The standard InChI is InChI=1S/C15H22BrNO2/c1-3-14(18-4-2)13(17)9-11-8-12(16)7-10-5-6-19-15(10)11/h7-8,13-14H,3-6,9,17H2,1-2H3. The normalized spacial score (nSPS) is 16.8. The number of rotatable bonds is 6. The number of hydrogen-bond acceptors (Lipinski definition) is 3. The molecule has 2 N–H and O–H groups in total. The Labute approximate surface area is 123 Å². The van der Waals surface area contributed by atoms with Crippen LogP contribution in [0.15, 0.2) is 16.6 Å². The van der Waals surface area contributed by atoms with Crippen molar-refractivity contribution in [3.05, 3.63) is 27.7 Å². The molecule has 4 heteroatoms. The second-order valence-electron chi connectivity index (χ2n) is 4.92. The van der Waals surface area contributed by atoms with E-state index < -0.39 is 0 Å². The predicted octanol–water partition coefficient (Wildman–Crippen LogP) is 3.07. The van der Waals surface area contributed by atoms with E-state index in [0.717, 1.165) is 36.1 Å². The van der Waals surface area contributed by atoms with Crippen LogP contribution in [0.25, 0.3) is 0 Å². The van der Waals surface area contributed by atoms with Gasteiger partial charge in [-0.3, -0.25) is 0 Å². The number of hydrogen-bond donors (Lipinski definition) is 1. The van der Waals surface area contributed by atoms with Crippen LogP contribution in [0, 0.1) is 0 Å². The molecule has 1 aromatic rings. The molecule has 0 aromatic heterocycles. The summed E-state index contributed by atoms with van der Waals surface area (Å²) in [5.41, 5.74) is 8.76. The second-order valence-corrected chi connectivity index (χ2v) is 5.84. The summed E-state index contributed by atoms with van der Waals surface area (Å²) < 4.78 is 12.5. The lowest BCUT2D eigenvalue weighted by Crippen LogP contribution is -2.38. The molecule has 2 unspecified atom stereocenters. The van der Waals surface area contributed by atoms with Crippen LogP contribution in [0.2, 0.25) is 0 Å². The molecule has 0 spiro atoms. The summed E-state index contributed by atoms with van der Waals surface area (Å²) in [4.78, 5) is 0. The molecule has 3 nitrogen and oxygen atoms in total. The number of nitrogens with two attached hydrogens (primary N) is 1. The van der Waals surface area contributed by atoms with Crippen LogP contribution < -0.4 is 10.5 Å². The van der Waals surface area contributed by atoms with Gasteiger partial charge in [0.25, 0.3) is 0 Å². The minimum Gasteiger partial charge on any atom is -0.493 e. The van der Waals surface area contributed by atoms with Crippen molar-refractivity contribution in [2.75, 3.05) is 13.2 Å². The number of fused-ring (bicyclic) bond motifs is 1. The van der Waals surface area contributed by atoms with Gasteiger partial charge in [-0.1, -0.05) is 22.9 Å². The van der Waals surface area contributed by atoms with E-state index in [-0.39, 0.29) is 12.1 Å². The maximum absolute atomic E-state index is 6.29. The van der Waals surface area contributed by atoms with E-state index in [2.05, 4.69) is 35.0 Å². The fourth-order valence-electron chi connectivity index (χ4n) is 2.64. The Hall–Kier alpha value is -0.580. The highest BCUT2D eigenvalue weighted by atomic mass is 79.9. The van der Waals surface area contributed by atoms with Gasteiger partial charge >= 0.3 is 0 Å². The molecule has 1 heterocycles. The van der Waals surface area contributed by atoms with Crippen molar-refractivity contribution in [3.63, 3.8) is 0 Å². The molecule has 1 aliphatic rings. The zero-order valence-electron chi connectivity index (χ0n) is 11.6. The Morgan fingerprint density at radius 2 is 2.21 bits per heavy atom. The van der Waals surface area contributed by atoms with E-state index in [9.17, 15) is 0 Å². The summed E-state index contributed by atoms with van der Waals surface area (Å²) in [7, 11) is 0. The molecule has 0 bridgehead atoms. The Balaban J connectivity index is 2.14. The monoisotopic (exact) mass is 327 g/mol. The Kier molecular flexibility index (Phi) is 5.25. The Morgan fingerprint density at radius 1 is 1.42 bits per heavy atom. The molecule has 1 aromatic carbocycles. The van der Waals surface area contributed by atoms with Gasteiger partial charge < -0.3 is 15.2 Å². The first-order chi connectivity index (χ1) is 9.15. The van der Waals surface area contributed by atoms with Crippen molar-refractivity contribution < 1.29 is 9.47 Å². The van der Waals surface area contributed by atoms with E-state index in [0.29, 0.717) is 6.61 Å². The average Bonchev–Trinajstić information content (AvgIpc) is 2.83. The van der Waals surface area contributed by atoms with Gasteiger partial charge in [-0.2, -0.15) is 0 Å². The summed E-state index contributed by atoms with van der Waals surface area (Å²) in [5, 5.41) is 0. The lowest BCUT2D eigenvalue weighted by Gasteiger charge is -2.23. The van der Waals surface area contributed by atoms with Crippen LogP contribution in [-0.4, -0.2) is 25.4 Å². The number of halogens is 1. The molecule has 0 aliphatic carbocycles. The van der Waals surface area contributed by atoms with Gasteiger partial charge in [0, 0.05) is 23.5 Å². The van der Waals surface area contributed by atoms with E-state index >= 15 is 0 Å². The molecule has 106 valence electrons. The molecule has 0 saturated heterocycles. The van der Waals surface area contributed by atoms with Crippen LogP contribution in [0.5, 0.6) is 5.75 Å². The Morgan fingerprint density at radius 3 is 2.89 bits per heavy atom. The fourth-order valence-corrected chi connectivity index (χ4v) is 3.19. The van der Waals surface area contributed by atoms with Crippen molar-refractivity contribution >= 4 is 15.9 Å². The van der Waals surface area contributed by atoms with Crippen LogP contribution >= 0.6 is 15.9 Å². The molecule has 2 atom stereocenters. The first kappa shape index (κ1) is 14.8. The topological polar surface area (TPSA) is 44.5 Å². The van der Waals surface area contributed by atoms with E-state index in [1.54, 1.807) is 0 Å². The van der Waals surface area contributed by atoms with Gasteiger partial charge in [0.05, 0.1) is 12.7 Å². The van der Waals surface area contributed by atoms with Gasteiger partial charge in [-0.15, -0.1) is 0 Å². The summed E-state index contributed by atoms with van der Waals surface area (Å²) >= 11 is 3.56. The molecular formula is C15H22BrNO2. The first-order valence-electron chi connectivity index (χ1n) is 6.97. The van der Waals surface area contributed by atoms with Crippen molar-refractivity contribution in [3.8, 4) is 5.75 Å². The quantitative estimate of drug-likeness (QED) is 0.873. The van der Waals surface area contributed by atoms with Gasteiger partial charge in [0.1, 0.15) is 5.75 Å². The van der Waals surface area contributed by atoms with Crippen molar-refractivity contribution in [2.24, 2.45) is 5.73 Å². The molecule has 0 radical (unpaired) electrons. The predicted molar refractivity (Wildman–Crippen MR) is 80.7 cm³/mol. The molecule has 0 amide bonds. The summed E-state index contributed by atoms with van der Waals surface area (Å²) in [6, 6.07) is 4.26. The van der Waals surface area contributed by atoms with Gasteiger partial charge in [-0.25, -0.2) is 0 Å². The van der Waals surface area contributed by atoms with Gasteiger partial charge in [-0.05, 0) is 43.0 Å². The van der Waals surface area contributed by atoms with Gasteiger partial charge in [0.15, 0.2) is 0 Å². The first-order valence-corrected chi connectivity index (χ1v) is 7.76. The van der Waals surface area contributed by atoms with Crippen molar-refractivity contribution in [1.29, 1.82) is 0 Å². The molecule has 0 saturated carbocycles. The SMILES string of the molecule is CCOC(CC)C(N)Cc1cc(Br)cc2c1OCC2. The van der Waals surface area contributed by atoms with Crippen LogP contribution in [0.3, 0.4) is 0 Å². The molecule has 0 fully saturated rings. The molecule has 19 heavy (non-hydrogen) atoms. The van der Waals surface area contributed by atoms with E-state index in [4.69, 9.17) is 15.2 Å².